The van der Waals surface area contributed by atoms with E-state index in [4.69, 9.17) is 9.26 Å². The fourth-order valence-corrected chi connectivity index (χ4v) is 3.06. The molecule has 8 heteroatoms. The van der Waals surface area contributed by atoms with E-state index in [9.17, 15) is 0 Å². The Morgan fingerprint density at radius 1 is 1.22 bits per heavy atom. The molecule has 4 aromatic heterocycles. The summed E-state index contributed by atoms with van der Waals surface area (Å²) in [6, 6.07) is 5.84. The van der Waals surface area contributed by atoms with Crippen molar-refractivity contribution in [2.75, 3.05) is 12.4 Å². The summed E-state index contributed by atoms with van der Waals surface area (Å²) >= 11 is 0. The number of methoxy groups -OCH3 is 1. The van der Waals surface area contributed by atoms with E-state index in [2.05, 4.69) is 30.0 Å². The molecule has 0 unspecified atom stereocenters. The van der Waals surface area contributed by atoms with Crippen molar-refractivity contribution < 1.29 is 9.26 Å². The first-order chi connectivity index (χ1) is 13.1. The highest BCUT2D eigenvalue weighted by atomic mass is 16.5. The summed E-state index contributed by atoms with van der Waals surface area (Å²) in [6.07, 6.45) is 5.48. The second-order valence-corrected chi connectivity index (χ2v) is 6.27. The van der Waals surface area contributed by atoms with E-state index in [1.807, 2.05) is 38.2 Å². The summed E-state index contributed by atoms with van der Waals surface area (Å²) < 4.78 is 12.7. The van der Waals surface area contributed by atoms with E-state index in [1.165, 1.54) is 0 Å². The molecule has 0 amide bonds. The number of aromatic nitrogens is 5. The third-order valence-electron chi connectivity index (χ3n) is 4.27. The molecule has 0 spiro atoms. The Kier molecular flexibility index (Phi) is 4.45. The van der Waals surface area contributed by atoms with Crippen LogP contribution in [0.15, 0.2) is 41.3 Å². The Bertz CT molecular complexity index is 1080. The van der Waals surface area contributed by atoms with Crippen molar-refractivity contribution in [3.05, 3.63) is 59.6 Å². The number of nitrogens with zero attached hydrogens (tertiary/aromatic N) is 5. The van der Waals surface area contributed by atoms with Gasteiger partial charge in [0.2, 0.25) is 0 Å². The molecule has 0 atom stereocenters. The van der Waals surface area contributed by atoms with E-state index in [0.29, 0.717) is 18.9 Å². The quantitative estimate of drug-likeness (QED) is 0.562. The average molecular weight is 364 g/mol. The lowest BCUT2D eigenvalue weighted by Gasteiger charge is -2.12. The molecule has 0 bridgehead atoms. The number of anilines is 1. The Morgan fingerprint density at radius 3 is 2.89 bits per heavy atom. The van der Waals surface area contributed by atoms with Gasteiger partial charge in [0.15, 0.2) is 5.82 Å². The van der Waals surface area contributed by atoms with Crippen LogP contribution >= 0.6 is 0 Å². The van der Waals surface area contributed by atoms with Gasteiger partial charge >= 0.3 is 0 Å². The highest BCUT2D eigenvalue weighted by molar-refractivity contribution is 5.86. The van der Waals surface area contributed by atoms with E-state index in [0.717, 1.165) is 39.6 Å². The van der Waals surface area contributed by atoms with Crippen LogP contribution in [0.25, 0.3) is 11.0 Å². The third-order valence-corrected chi connectivity index (χ3v) is 4.27. The van der Waals surface area contributed by atoms with Gasteiger partial charge < -0.3 is 19.1 Å². The van der Waals surface area contributed by atoms with E-state index in [-0.39, 0.29) is 0 Å². The van der Waals surface area contributed by atoms with E-state index in [1.54, 1.807) is 19.5 Å². The van der Waals surface area contributed by atoms with Crippen molar-refractivity contribution in [3.63, 3.8) is 0 Å². The maximum absolute atomic E-state index is 5.42. The van der Waals surface area contributed by atoms with Crippen LogP contribution in [0.1, 0.15) is 22.8 Å². The van der Waals surface area contributed by atoms with Crippen LogP contribution in [-0.4, -0.2) is 31.8 Å². The highest BCUT2D eigenvalue weighted by Gasteiger charge is 2.13. The number of rotatable bonds is 6. The molecule has 0 aliphatic heterocycles. The van der Waals surface area contributed by atoms with Gasteiger partial charge in [0.1, 0.15) is 28.5 Å². The number of ether oxygens (including phenoxy) is 1. The molecule has 0 radical (unpaired) electrons. The molecular weight excluding hydrogens is 344 g/mol. The minimum atomic E-state index is 0.520. The number of aryl methyl sites for hydroxylation is 2. The van der Waals surface area contributed by atoms with E-state index < -0.39 is 0 Å². The van der Waals surface area contributed by atoms with Gasteiger partial charge in [0.05, 0.1) is 31.9 Å². The molecule has 4 aromatic rings. The molecule has 27 heavy (non-hydrogen) atoms. The smallest absolute Gasteiger partial charge is 0.154 e. The summed E-state index contributed by atoms with van der Waals surface area (Å²) in [6.45, 7) is 4.90. The van der Waals surface area contributed by atoms with Gasteiger partial charge in [0, 0.05) is 24.0 Å². The summed E-state index contributed by atoms with van der Waals surface area (Å²) in [5.41, 5.74) is 3.67. The standard InChI is InChI=1S/C19H20N6O2/c1-12-8-15(24-27-12)9-21-19-18-16(22-13(2)23-19)5-7-25(18)11-14-4-6-20-10-17(14)26-3/h4-8,10H,9,11H2,1-3H3,(H,21,22,23). The maximum atomic E-state index is 5.42. The molecule has 1 N–H and O–H groups in total. The molecule has 0 saturated heterocycles. The van der Waals surface area contributed by atoms with Crippen molar-refractivity contribution in [2.45, 2.75) is 26.9 Å². The second-order valence-electron chi connectivity index (χ2n) is 6.27. The van der Waals surface area contributed by atoms with Crippen LogP contribution in [0.5, 0.6) is 5.75 Å². The highest BCUT2D eigenvalue weighted by Crippen LogP contribution is 2.25. The zero-order valence-corrected chi connectivity index (χ0v) is 15.4. The van der Waals surface area contributed by atoms with Gasteiger partial charge in [-0.3, -0.25) is 4.98 Å². The summed E-state index contributed by atoms with van der Waals surface area (Å²) in [5, 5.41) is 7.38. The first kappa shape index (κ1) is 17.0. The first-order valence-electron chi connectivity index (χ1n) is 8.60. The first-order valence-corrected chi connectivity index (χ1v) is 8.60. The normalized spacial score (nSPS) is 11.1. The van der Waals surface area contributed by atoms with Gasteiger partial charge in [-0.2, -0.15) is 0 Å². The van der Waals surface area contributed by atoms with Crippen molar-refractivity contribution in [3.8, 4) is 5.75 Å². The van der Waals surface area contributed by atoms with Crippen LogP contribution in [0.2, 0.25) is 0 Å². The van der Waals surface area contributed by atoms with Crippen molar-refractivity contribution in [1.29, 1.82) is 0 Å². The lowest BCUT2D eigenvalue weighted by atomic mass is 10.2. The molecule has 0 fully saturated rings. The molecule has 0 aliphatic rings. The molecule has 0 aliphatic carbocycles. The van der Waals surface area contributed by atoms with Crippen molar-refractivity contribution in [2.24, 2.45) is 0 Å². The van der Waals surface area contributed by atoms with Crippen LogP contribution in [0.3, 0.4) is 0 Å². The summed E-state index contributed by atoms with van der Waals surface area (Å²) in [7, 11) is 1.65. The number of pyridine rings is 1. The van der Waals surface area contributed by atoms with Crippen LogP contribution in [0, 0.1) is 13.8 Å². The average Bonchev–Trinajstić information content (AvgIpc) is 3.26. The monoisotopic (exact) mass is 364 g/mol. The summed E-state index contributed by atoms with van der Waals surface area (Å²) in [5.74, 6) is 3.00. The van der Waals surface area contributed by atoms with Crippen molar-refractivity contribution >= 4 is 16.9 Å². The van der Waals surface area contributed by atoms with Gasteiger partial charge in [-0.25, -0.2) is 9.97 Å². The SMILES string of the molecule is COc1cnccc1Cn1ccc2nc(C)nc(NCc3cc(C)on3)c21. The zero-order valence-electron chi connectivity index (χ0n) is 15.4. The summed E-state index contributed by atoms with van der Waals surface area (Å²) in [4.78, 5) is 13.3. The van der Waals surface area contributed by atoms with Gasteiger partial charge in [0.25, 0.3) is 0 Å². The minimum Gasteiger partial charge on any atom is -0.495 e. The van der Waals surface area contributed by atoms with Crippen LogP contribution in [0.4, 0.5) is 5.82 Å². The molecule has 8 nitrogen and oxygen atoms in total. The van der Waals surface area contributed by atoms with Crippen molar-refractivity contribution in [1.82, 2.24) is 24.7 Å². The van der Waals surface area contributed by atoms with E-state index >= 15 is 0 Å². The van der Waals surface area contributed by atoms with Gasteiger partial charge in [-0.15, -0.1) is 0 Å². The lowest BCUT2D eigenvalue weighted by molar-refractivity contribution is 0.391. The minimum absolute atomic E-state index is 0.520. The largest absolute Gasteiger partial charge is 0.495 e. The van der Waals surface area contributed by atoms with Crippen LogP contribution in [-0.2, 0) is 13.1 Å². The van der Waals surface area contributed by atoms with Gasteiger partial charge in [-0.1, -0.05) is 5.16 Å². The Labute approximate surface area is 156 Å². The molecule has 0 aromatic carbocycles. The molecular formula is C19H20N6O2. The number of nitrogens with one attached hydrogen (secondary N) is 1. The Hall–Kier alpha value is -3.42. The fourth-order valence-electron chi connectivity index (χ4n) is 3.06. The molecule has 4 rings (SSSR count). The number of hydrogen-bond donors (Lipinski definition) is 1. The molecule has 0 saturated carbocycles. The third kappa shape index (κ3) is 3.46. The van der Waals surface area contributed by atoms with Gasteiger partial charge in [-0.05, 0) is 26.0 Å². The lowest BCUT2D eigenvalue weighted by Crippen LogP contribution is -2.08. The Morgan fingerprint density at radius 2 is 2.11 bits per heavy atom. The maximum Gasteiger partial charge on any atom is 0.154 e. The number of fused-ring (bicyclic) bond motifs is 1. The molecule has 138 valence electrons. The second kappa shape index (κ2) is 7.06. The Balaban J connectivity index is 1.69. The topological polar surface area (TPSA) is 90.9 Å². The molecule has 4 heterocycles. The predicted octanol–water partition coefficient (Wildman–Crippen LogP) is 3.10. The zero-order chi connectivity index (χ0) is 18.8. The fraction of sp³-hybridized carbons (Fsp3) is 0.263. The number of hydrogen-bond acceptors (Lipinski definition) is 7. The van der Waals surface area contributed by atoms with Crippen LogP contribution < -0.4 is 10.1 Å². The predicted molar refractivity (Wildman–Crippen MR) is 101 cm³/mol.